The summed E-state index contributed by atoms with van der Waals surface area (Å²) in [6.45, 7) is 3.05. The monoisotopic (exact) mass is 649 g/mol. The van der Waals surface area contributed by atoms with Crippen LogP contribution in [0.4, 0.5) is 13.2 Å². The molecular weight excluding hydrogens is 609 g/mol. The molecule has 0 radical (unpaired) electrons. The number of likely N-dealkylation sites (N-methyl/N-ethyl adjacent to an activating group) is 1. The number of allylic oxidation sites excluding steroid dienone is 1. The standard InChI is InChI=1S/C37H39F3N2O5/c1-23(43)46-30-22-36(45,41-34(44)28(37(38,39)40)20-25-12-7-4-8-13-25)33-32-26(30)21-29-27-14-9-15-31(47-33)35(27,32)17-19-42(29,2)18-16-24-10-5-3-6-11-24/h3-8,10-13,20,22,27,29,31,33,45H,9,14-19,21H2,1-2H3/p+1/t27-,29+,31-,33?,35+,36?,42?/m0/s1. The molecule has 1 spiro atoms. The zero-order valence-corrected chi connectivity index (χ0v) is 26.6. The number of aliphatic hydroxyl groups is 1. The third-order valence-corrected chi connectivity index (χ3v) is 11.4. The Morgan fingerprint density at radius 2 is 1.81 bits per heavy atom. The van der Waals surface area contributed by atoms with Crippen LogP contribution in [0.5, 0.6) is 0 Å². The molecular formula is C37H40F3N2O5+. The maximum absolute atomic E-state index is 14.3. The van der Waals surface area contributed by atoms with Gasteiger partial charge in [0.2, 0.25) is 0 Å². The van der Waals surface area contributed by atoms with Crippen molar-refractivity contribution in [2.24, 2.45) is 11.3 Å². The number of rotatable bonds is 7. The van der Waals surface area contributed by atoms with Gasteiger partial charge in [-0.15, -0.1) is 0 Å². The van der Waals surface area contributed by atoms with E-state index >= 15 is 0 Å². The fraction of sp³-hybridized carbons (Fsp3) is 0.459. The van der Waals surface area contributed by atoms with E-state index in [9.17, 15) is 27.9 Å². The van der Waals surface area contributed by atoms with Gasteiger partial charge >= 0.3 is 12.1 Å². The second-order valence-electron chi connectivity index (χ2n) is 14.0. The minimum absolute atomic E-state index is 0.0845. The van der Waals surface area contributed by atoms with Crippen molar-refractivity contribution in [3.05, 3.63) is 100 Å². The topological polar surface area (TPSA) is 84.9 Å². The molecule has 2 N–H and O–H groups in total. The van der Waals surface area contributed by atoms with Crippen molar-refractivity contribution in [3.63, 3.8) is 0 Å². The first-order chi connectivity index (χ1) is 22.3. The molecule has 7 nitrogen and oxygen atoms in total. The lowest BCUT2D eigenvalue weighted by Crippen LogP contribution is -2.69. The van der Waals surface area contributed by atoms with Crippen molar-refractivity contribution in [2.75, 3.05) is 20.1 Å². The first-order valence-electron chi connectivity index (χ1n) is 16.4. The van der Waals surface area contributed by atoms with E-state index in [-0.39, 0.29) is 29.4 Å². The molecule has 7 atom stereocenters. The summed E-state index contributed by atoms with van der Waals surface area (Å²) in [5, 5.41) is 14.5. The number of hydrogen-bond acceptors (Lipinski definition) is 5. The van der Waals surface area contributed by atoms with E-state index in [0.29, 0.717) is 6.42 Å². The number of carbonyl (C=O) groups excluding carboxylic acids is 2. The van der Waals surface area contributed by atoms with Crippen molar-refractivity contribution in [1.29, 1.82) is 0 Å². The van der Waals surface area contributed by atoms with Crippen LogP contribution in [0.2, 0.25) is 0 Å². The highest BCUT2D eigenvalue weighted by molar-refractivity contribution is 5.99. The van der Waals surface area contributed by atoms with Gasteiger partial charge in [0.1, 0.15) is 17.4 Å². The molecule has 248 valence electrons. The number of nitrogens with zero attached hydrogens (tertiary/aromatic N) is 1. The second kappa shape index (κ2) is 11.5. The van der Waals surface area contributed by atoms with Crippen molar-refractivity contribution in [1.82, 2.24) is 5.32 Å². The Labute approximate surface area is 272 Å². The SMILES string of the molecule is CC(=O)OC1=CC(O)(NC(=O)C(=Cc2ccccc2)C(F)(F)F)C2O[C@H]3CCC[C@H]4[C@H]5CC1=C2[C@@]34CC[N+]5(C)CCc1ccccc1. The Hall–Kier alpha value is -3.73. The fourth-order valence-corrected chi connectivity index (χ4v) is 9.31. The van der Waals surface area contributed by atoms with Gasteiger partial charge in [-0.3, -0.25) is 9.59 Å². The summed E-state index contributed by atoms with van der Waals surface area (Å²) in [5.74, 6) is -1.83. The Morgan fingerprint density at radius 1 is 1.11 bits per heavy atom. The lowest BCUT2D eigenvalue weighted by molar-refractivity contribution is -0.945. The number of benzene rings is 2. The van der Waals surface area contributed by atoms with E-state index < -0.39 is 40.9 Å². The van der Waals surface area contributed by atoms with Crippen LogP contribution in [-0.4, -0.2) is 71.8 Å². The molecule has 2 saturated heterocycles. The van der Waals surface area contributed by atoms with Gasteiger partial charge in [0, 0.05) is 49.2 Å². The van der Waals surface area contributed by atoms with Gasteiger partial charge in [-0.25, -0.2) is 0 Å². The summed E-state index contributed by atoms with van der Waals surface area (Å²) in [7, 11) is 2.30. The Bertz CT molecular complexity index is 1670. The predicted octanol–water partition coefficient (Wildman–Crippen LogP) is 5.61. The molecule has 2 bridgehead atoms. The van der Waals surface area contributed by atoms with Crippen LogP contribution < -0.4 is 5.32 Å². The Morgan fingerprint density at radius 3 is 2.49 bits per heavy atom. The third-order valence-electron chi connectivity index (χ3n) is 11.4. The zero-order valence-electron chi connectivity index (χ0n) is 26.6. The van der Waals surface area contributed by atoms with E-state index in [4.69, 9.17) is 9.47 Å². The first-order valence-corrected chi connectivity index (χ1v) is 16.4. The summed E-state index contributed by atoms with van der Waals surface area (Å²) in [6.07, 6.45) is 0.419. The van der Waals surface area contributed by atoms with Crippen LogP contribution in [0.25, 0.3) is 6.08 Å². The summed E-state index contributed by atoms with van der Waals surface area (Å²) in [6, 6.07) is 18.3. The molecule has 2 aromatic carbocycles. The van der Waals surface area contributed by atoms with Crippen molar-refractivity contribution >= 4 is 18.0 Å². The van der Waals surface area contributed by atoms with E-state index in [1.165, 1.54) is 30.7 Å². The smallest absolute Gasteiger partial charge is 0.421 e. The molecule has 5 aliphatic rings. The highest BCUT2D eigenvalue weighted by Crippen LogP contribution is 2.67. The number of hydrogen-bond donors (Lipinski definition) is 2. The van der Waals surface area contributed by atoms with E-state index in [2.05, 4.69) is 24.5 Å². The summed E-state index contributed by atoms with van der Waals surface area (Å²) in [5.41, 5.74) is -1.31. The van der Waals surface area contributed by atoms with Crippen LogP contribution in [0.3, 0.4) is 0 Å². The van der Waals surface area contributed by atoms with Crippen LogP contribution in [0.1, 0.15) is 50.2 Å². The average Bonchev–Trinajstić information content (AvgIpc) is 3.37. The molecule has 3 aliphatic carbocycles. The zero-order chi connectivity index (χ0) is 33.2. The molecule has 2 aliphatic heterocycles. The minimum Gasteiger partial charge on any atom is -0.427 e. The summed E-state index contributed by atoms with van der Waals surface area (Å²) in [4.78, 5) is 25.9. The fourth-order valence-electron chi connectivity index (χ4n) is 9.31. The normalized spacial score (nSPS) is 34.3. The minimum atomic E-state index is -5.00. The van der Waals surface area contributed by atoms with Crippen molar-refractivity contribution in [2.45, 2.75) is 75.6 Å². The van der Waals surface area contributed by atoms with Gasteiger partial charge < -0.3 is 24.4 Å². The molecule has 0 aromatic heterocycles. The van der Waals surface area contributed by atoms with E-state index in [0.717, 1.165) is 66.9 Å². The molecule has 2 heterocycles. The van der Waals surface area contributed by atoms with Gasteiger partial charge in [0.05, 0.1) is 32.3 Å². The lowest BCUT2D eigenvalue weighted by atomic mass is 9.50. The van der Waals surface area contributed by atoms with Crippen molar-refractivity contribution in [3.8, 4) is 0 Å². The number of amides is 1. The number of ether oxygens (including phenoxy) is 2. The number of piperidine rings is 1. The van der Waals surface area contributed by atoms with Gasteiger partial charge in [-0.2, -0.15) is 13.2 Å². The van der Waals surface area contributed by atoms with Crippen LogP contribution in [0, 0.1) is 11.3 Å². The number of esters is 1. The maximum Gasteiger partial charge on any atom is 0.421 e. The second-order valence-corrected chi connectivity index (χ2v) is 14.0. The molecule has 7 rings (SSSR count). The van der Waals surface area contributed by atoms with Gasteiger partial charge in [-0.1, -0.05) is 67.1 Å². The number of halogens is 3. The average molecular weight is 650 g/mol. The summed E-state index contributed by atoms with van der Waals surface area (Å²) < 4.78 is 56.1. The molecule has 3 unspecified atom stereocenters. The quantitative estimate of drug-likeness (QED) is 0.176. The molecule has 2 aromatic rings. The number of likely N-dealkylation sites (tertiary alicyclic amines) is 1. The van der Waals surface area contributed by atoms with Gasteiger partial charge in [-0.05, 0) is 35.6 Å². The van der Waals surface area contributed by atoms with Crippen LogP contribution in [-0.2, 0) is 25.5 Å². The third kappa shape index (κ3) is 5.34. The number of alkyl halides is 3. The van der Waals surface area contributed by atoms with Gasteiger partial charge in [0.15, 0.2) is 5.72 Å². The van der Waals surface area contributed by atoms with E-state index in [1.54, 1.807) is 18.2 Å². The molecule has 10 heteroatoms. The van der Waals surface area contributed by atoms with Gasteiger partial charge in [0.25, 0.3) is 5.91 Å². The number of quaternary nitrogens is 1. The highest BCUT2D eigenvalue weighted by atomic mass is 19.4. The maximum atomic E-state index is 14.3. The largest absolute Gasteiger partial charge is 0.427 e. The Kier molecular flexibility index (Phi) is 7.76. The predicted molar refractivity (Wildman–Crippen MR) is 168 cm³/mol. The molecule has 1 amide bonds. The number of nitrogens with one attached hydrogen (secondary N) is 1. The van der Waals surface area contributed by atoms with E-state index in [1.807, 2.05) is 18.2 Å². The first kappa shape index (κ1) is 31.8. The lowest BCUT2D eigenvalue weighted by Gasteiger charge is -2.62. The van der Waals surface area contributed by atoms with Crippen LogP contribution in [0.15, 0.2) is 89.2 Å². The summed E-state index contributed by atoms with van der Waals surface area (Å²) >= 11 is 0. The molecule has 3 fully saturated rings. The number of carbonyl (C=O) groups is 2. The molecule has 47 heavy (non-hydrogen) atoms. The van der Waals surface area contributed by atoms with Crippen molar-refractivity contribution < 1.29 is 41.8 Å². The van der Waals surface area contributed by atoms with Crippen LogP contribution >= 0.6 is 0 Å². The molecule has 1 saturated carbocycles. The Balaban J connectivity index is 1.28. The highest BCUT2D eigenvalue weighted by Gasteiger charge is 2.71.